The van der Waals surface area contributed by atoms with E-state index in [2.05, 4.69) is 26.0 Å². The molecule has 0 amide bonds. The highest BCUT2D eigenvalue weighted by molar-refractivity contribution is 5.93. The predicted octanol–water partition coefficient (Wildman–Crippen LogP) is 2.73. The number of rotatable bonds is 0. The van der Waals surface area contributed by atoms with Gasteiger partial charge in [-0.15, -0.1) is 0 Å². The molecule has 1 heteroatoms. The van der Waals surface area contributed by atoms with Gasteiger partial charge in [0.2, 0.25) is 0 Å². The molecule has 0 radical (unpaired) electrons. The molecule has 0 heterocycles. The summed E-state index contributed by atoms with van der Waals surface area (Å²) in [5.41, 5.74) is 1.65. The molecule has 3 unspecified atom stereocenters. The molecule has 0 fully saturated rings. The van der Waals surface area contributed by atoms with E-state index in [4.69, 9.17) is 0 Å². The molecular formula is C12H16O. The normalized spacial score (nSPS) is 43.3. The Kier molecular flexibility index (Phi) is 1.73. The summed E-state index contributed by atoms with van der Waals surface area (Å²) < 4.78 is 0. The Balaban J connectivity index is 2.41. The van der Waals surface area contributed by atoms with Crippen LogP contribution in [-0.2, 0) is 4.79 Å². The zero-order valence-electron chi connectivity index (χ0n) is 8.50. The van der Waals surface area contributed by atoms with Crippen LogP contribution in [0.2, 0.25) is 0 Å². The number of fused-ring (bicyclic) bond motifs is 1. The summed E-state index contributed by atoms with van der Waals surface area (Å²) >= 11 is 0. The van der Waals surface area contributed by atoms with Crippen LogP contribution in [0.4, 0.5) is 0 Å². The third-order valence-electron chi connectivity index (χ3n) is 3.50. The van der Waals surface area contributed by atoms with Crippen LogP contribution in [0.3, 0.4) is 0 Å². The highest BCUT2D eigenvalue weighted by Gasteiger charge is 2.42. The number of carbonyl (C=O) groups excluding carboxylic acids is 1. The van der Waals surface area contributed by atoms with Crippen LogP contribution in [0.5, 0.6) is 0 Å². The molecule has 0 bridgehead atoms. The zero-order chi connectivity index (χ0) is 9.64. The summed E-state index contributed by atoms with van der Waals surface area (Å²) in [5.74, 6) is 0.894. The Labute approximate surface area is 79.5 Å². The molecule has 0 aromatic carbocycles. The van der Waals surface area contributed by atoms with Gasteiger partial charge < -0.3 is 0 Å². The lowest BCUT2D eigenvalue weighted by molar-refractivity contribution is -0.120. The standard InChI is InChI=1S/C12H16O/c1-8-6-10-9(2)11(13)4-5-12(10,3)7-8/h4-6,9-10H,7H2,1-3H3. The van der Waals surface area contributed by atoms with E-state index in [0.717, 1.165) is 6.42 Å². The molecule has 0 spiro atoms. The fourth-order valence-corrected chi connectivity index (χ4v) is 2.76. The fraction of sp³-hybridized carbons (Fsp3) is 0.583. The van der Waals surface area contributed by atoms with Crippen molar-refractivity contribution >= 4 is 5.78 Å². The zero-order valence-corrected chi connectivity index (χ0v) is 8.50. The second-order valence-electron chi connectivity index (χ2n) is 4.75. The monoisotopic (exact) mass is 176 g/mol. The molecule has 1 nitrogen and oxygen atoms in total. The topological polar surface area (TPSA) is 17.1 Å². The summed E-state index contributed by atoms with van der Waals surface area (Å²) in [6.45, 7) is 6.46. The van der Waals surface area contributed by atoms with Gasteiger partial charge in [-0.05, 0) is 30.8 Å². The van der Waals surface area contributed by atoms with Crippen LogP contribution < -0.4 is 0 Å². The summed E-state index contributed by atoms with van der Waals surface area (Å²) in [4.78, 5) is 11.5. The fourth-order valence-electron chi connectivity index (χ4n) is 2.76. The summed E-state index contributed by atoms with van der Waals surface area (Å²) in [5, 5.41) is 0. The number of hydrogen-bond donors (Lipinski definition) is 0. The first-order valence-electron chi connectivity index (χ1n) is 4.93. The Morgan fingerprint density at radius 3 is 2.92 bits per heavy atom. The van der Waals surface area contributed by atoms with Crippen molar-refractivity contribution in [2.24, 2.45) is 17.3 Å². The SMILES string of the molecule is CC1=CC2C(C)C(=O)C=CC2(C)C1. The highest BCUT2D eigenvalue weighted by Crippen LogP contribution is 2.48. The first-order valence-corrected chi connectivity index (χ1v) is 4.93. The van der Waals surface area contributed by atoms with Gasteiger partial charge in [-0.3, -0.25) is 4.79 Å². The second-order valence-corrected chi connectivity index (χ2v) is 4.75. The van der Waals surface area contributed by atoms with Crippen molar-refractivity contribution < 1.29 is 4.79 Å². The van der Waals surface area contributed by atoms with Gasteiger partial charge in [-0.1, -0.05) is 31.6 Å². The maximum Gasteiger partial charge on any atom is 0.158 e. The molecule has 2 rings (SSSR count). The van der Waals surface area contributed by atoms with Crippen molar-refractivity contribution in [1.29, 1.82) is 0 Å². The minimum atomic E-state index is 0.174. The third-order valence-corrected chi connectivity index (χ3v) is 3.50. The van der Waals surface area contributed by atoms with Crippen LogP contribution in [-0.4, -0.2) is 5.78 Å². The van der Waals surface area contributed by atoms with Crippen LogP contribution in [0.15, 0.2) is 23.8 Å². The molecule has 3 atom stereocenters. The summed E-state index contributed by atoms with van der Waals surface area (Å²) in [6.07, 6.45) is 7.28. The smallest absolute Gasteiger partial charge is 0.158 e. The lowest BCUT2D eigenvalue weighted by atomic mass is 9.68. The molecular weight excluding hydrogens is 160 g/mol. The van der Waals surface area contributed by atoms with Gasteiger partial charge in [0.15, 0.2) is 5.78 Å². The minimum Gasteiger partial charge on any atom is -0.295 e. The Morgan fingerprint density at radius 1 is 1.54 bits per heavy atom. The van der Waals surface area contributed by atoms with Gasteiger partial charge in [0.25, 0.3) is 0 Å². The van der Waals surface area contributed by atoms with Gasteiger partial charge in [-0.25, -0.2) is 0 Å². The van der Waals surface area contributed by atoms with E-state index < -0.39 is 0 Å². The molecule has 0 N–H and O–H groups in total. The summed E-state index contributed by atoms with van der Waals surface area (Å²) in [6, 6.07) is 0. The van der Waals surface area contributed by atoms with Gasteiger partial charge in [0, 0.05) is 5.92 Å². The average Bonchev–Trinajstić information content (AvgIpc) is 2.36. The number of hydrogen-bond acceptors (Lipinski definition) is 1. The number of ketones is 1. The number of carbonyl (C=O) groups is 1. The van der Waals surface area contributed by atoms with Gasteiger partial charge in [-0.2, -0.15) is 0 Å². The van der Waals surface area contributed by atoms with Crippen molar-refractivity contribution in [3.63, 3.8) is 0 Å². The minimum absolute atomic E-state index is 0.174. The lowest BCUT2D eigenvalue weighted by Gasteiger charge is -2.35. The maximum absolute atomic E-state index is 11.5. The van der Waals surface area contributed by atoms with E-state index in [1.165, 1.54) is 5.57 Å². The molecule has 70 valence electrons. The predicted molar refractivity (Wildman–Crippen MR) is 53.3 cm³/mol. The van der Waals surface area contributed by atoms with Gasteiger partial charge in [0.05, 0.1) is 0 Å². The van der Waals surface area contributed by atoms with Crippen molar-refractivity contribution in [2.75, 3.05) is 0 Å². The van der Waals surface area contributed by atoms with Crippen LogP contribution >= 0.6 is 0 Å². The highest BCUT2D eigenvalue weighted by atomic mass is 16.1. The molecule has 0 aromatic heterocycles. The number of allylic oxidation sites excluding steroid dienone is 4. The first kappa shape index (κ1) is 8.74. The van der Waals surface area contributed by atoms with E-state index in [0.29, 0.717) is 5.92 Å². The molecule has 0 aromatic rings. The molecule has 2 aliphatic carbocycles. The van der Waals surface area contributed by atoms with Crippen LogP contribution in [0.1, 0.15) is 27.2 Å². The van der Waals surface area contributed by atoms with Gasteiger partial charge in [0.1, 0.15) is 0 Å². The Morgan fingerprint density at radius 2 is 2.23 bits per heavy atom. The summed E-state index contributed by atoms with van der Waals surface area (Å²) in [7, 11) is 0. The quantitative estimate of drug-likeness (QED) is 0.519. The largest absolute Gasteiger partial charge is 0.295 e. The third kappa shape index (κ3) is 1.18. The molecule has 0 aliphatic heterocycles. The Bertz CT molecular complexity index is 311. The van der Waals surface area contributed by atoms with Crippen molar-refractivity contribution in [2.45, 2.75) is 27.2 Å². The van der Waals surface area contributed by atoms with E-state index in [-0.39, 0.29) is 17.1 Å². The van der Waals surface area contributed by atoms with E-state index >= 15 is 0 Å². The van der Waals surface area contributed by atoms with Crippen molar-refractivity contribution in [3.8, 4) is 0 Å². The first-order chi connectivity index (χ1) is 6.03. The molecule has 2 aliphatic rings. The van der Waals surface area contributed by atoms with E-state index in [1.807, 2.05) is 6.92 Å². The molecule has 0 saturated carbocycles. The average molecular weight is 176 g/mol. The van der Waals surface area contributed by atoms with E-state index in [9.17, 15) is 4.79 Å². The van der Waals surface area contributed by atoms with Gasteiger partial charge >= 0.3 is 0 Å². The Hall–Kier alpha value is -0.850. The van der Waals surface area contributed by atoms with Crippen LogP contribution in [0.25, 0.3) is 0 Å². The second kappa shape index (κ2) is 2.57. The lowest BCUT2D eigenvalue weighted by Crippen LogP contribution is -2.33. The van der Waals surface area contributed by atoms with Crippen molar-refractivity contribution in [1.82, 2.24) is 0 Å². The maximum atomic E-state index is 11.5. The van der Waals surface area contributed by atoms with Crippen LogP contribution in [0, 0.1) is 17.3 Å². The van der Waals surface area contributed by atoms with E-state index in [1.54, 1.807) is 6.08 Å². The van der Waals surface area contributed by atoms with Crippen molar-refractivity contribution in [3.05, 3.63) is 23.8 Å². The molecule has 0 saturated heterocycles. The molecule has 13 heavy (non-hydrogen) atoms.